The monoisotopic (exact) mass is 468 g/mol. The molecule has 1 N–H and O–H groups in total. The third kappa shape index (κ3) is 4.07. The molecule has 1 aliphatic rings. The number of fused-ring (bicyclic) bond motifs is 1. The molecule has 3 aromatic carbocycles. The summed E-state index contributed by atoms with van der Waals surface area (Å²) in [5.41, 5.74) is 1.43. The molecule has 1 heterocycles. The zero-order chi connectivity index (χ0) is 23.7. The van der Waals surface area contributed by atoms with Gasteiger partial charge in [-0.05, 0) is 54.1 Å². The van der Waals surface area contributed by atoms with E-state index in [4.69, 9.17) is 30.5 Å². The first-order valence-corrected chi connectivity index (χ1v) is 10.4. The second-order valence-corrected chi connectivity index (χ2v) is 7.84. The van der Waals surface area contributed by atoms with Crippen LogP contribution in [0.1, 0.15) is 39.4 Å². The molecular weight excluding hydrogens is 448 g/mol. The maximum Gasteiger partial charge on any atom is 0.312 e. The van der Waals surface area contributed by atoms with Crippen LogP contribution in [0.3, 0.4) is 0 Å². The predicted octanol–water partition coefficient (Wildman–Crippen LogP) is 4.74. The molecule has 0 aliphatic carbocycles. The van der Waals surface area contributed by atoms with E-state index in [1.54, 1.807) is 36.4 Å². The minimum absolute atomic E-state index is 0.0439. The van der Waals surface area contributed by atoms with E-state index < -0.39 is 11.9 Å². The Morgan fingerprint density at radius 1 is 1.00 bits per heavy atom. The Kier molecular flexibility index (Phi) is 6.16. The van der Waals surface area contributed by atoms with Crippen LogP contribution < -0.4 is 18.9 Å². The van der Waals surface area contributed by atoms with Crippen molar-refractivity contribution in [2.24, 2.45) is 0 Å². The minimum Gasteiger partial charge on any atom is -0.507 e. The first-order chi connectivity index (χ1) is 15.9. The number of carbonyl (C=O) groups excluding carboxylic acids is 2. The van der Waals surface area contributed by atoms with Crippen molar-refractivity contribution in [3.05, 3.63) is 75.8 Å². The first-order valence-electron chi connectivity index (χ1n) is 10.0. The predicted molar refractivity (Wildman–Crippen MR) is 121 cm³/mol. The first kappa shape index (κ1) is 22.5. The van der Waals surface area contributed by atoms with E-state index in [1.807, 2.05) is 0 Å². The van der Waals surface area contributed by atoms with E-state index in [1.165, 1.54) is 33.5 Å². The van der Waals surface area contributed by atoms with Crippen molar-refractivity contribution in [3.8, 4) is 28.7 Å². The molecule has 0 saturated carbocycles. The molecule has 0 aromatic heterocycles. The number of rotatable bonds is 6. The number of carbonyl (C=O) groups is 2. The SMILES string of the molecule is COc1cc([C@H]2CC(=O)Oc3ccc(C(=O)c4ccc(Cl)cc4)c(O)c32)cc(OC)c1OC. The number of ether oxygens (including phenoxy) is 4. The topological polar surface area (TPSA) is 91.3 Å². The highest BCUT2D eigenvalue weighted by molar-refractivity contribution is 6.30. The van der Waals surface area contributed by atoms with E-state index in [0.717, 1.165) is 0 Å². The molecular formula is C25H21ClO7. The lowest BCUT2D eigenvalue weighted by molar-refractivity contribution is -0.135. The van der Waals surface area contributed by atoms with Crippen LogP contribution in [0, 0.1) is 0 Å². The quantitative estimate of drug-likeness (QED) is 0.317. The van der Waals surface area contributed by atoms with Gasteiger partial charge in [0, 0.05) is 22.1 Å². The lowest BCUT2D eigenvalue weighted by Crippen LogP contribution is -2.22. The maximum absolute atomic E-state index is 13.1. The molecule has 0 unspecified atom stereocenters. The van der Waals surface area contributed by atoms with Gasteiger partial charge in [-0.15, -0.1) is 0 Å². The van der Waals surface area contributed by atoms with E-state index in [0.29, 0.717) is 39.0 Å². The number of hydrogen-bond donors (Lipinski definition) is 1. The number of benzene rings is 3. The van der Waals surface area contributed by atoms with Crippen LogP contribution in [0.2, 0.25) is 5.02 Å². The molecule has 0 saturated heterocycles. The van der Waals surface area contributed by atoms with Crippen LogP contribution in [-0.2, 0) is 4.79 Å². The number of aromatic hydroxyl groups is 1. The molecule has 1 atom stereocenters. The van der Waals surface area contributed by atoms with Crippen LogP contribution >= 0.6 is 11.6 Å². The summed E-state index contributed by atoms with van der Waals surface area (Å²) >= 11 is 5.92. The van der Waals surface area contributed by atoms with Gasteiger partial charge in [-0.3, -0.25) is 9.59 Å². The highest BCUT2D eigenvalue weighted by atomic mass is 35.5. The summed E-state index contributed by atoms with van der Waals surface area (Å²) in [5, 5.41) is 11.7. The van der Waals surface area contributed by atoms with E-state index in [-0.39, 0.29) is 29.3 Å². The van der Waals surface area contributed by atoms with Crippen molar-refractivity contribution in [3.63, 3.8) is 0 Å². The molecule has 0 fully saturated rings. The smallest absolute Gasteiger partial charge is 0.312 e. The molecule has 0 radical (unpaired) electrons. The van der Waals surface area contributed by atoms with Gasteiger partial charge in [0.25, 0.3) is 0 Å². The van der Waals surface area contributed by atoms with Crippen molar-refractivity contribution in [2.45, 2.75) is 12.3 Å². The van der Waals surface area contributed by atoms with Gasteiger partial charge in [-0.1, -0.05) is 11.6 Å². The summed E-state index contributed by atoms with van der Waals surface area (Å²) in [5.74, 6) is -0.301. The highest BCUT2D eigenvalue weighted by Crippen LogP contribution is 2.48. The third-order valence-corrected chi connectivity index (χ3v) is 5.81. The Bertz CT molecular complexity index is 1210. The van der Waals surface area contributed by atoms with Crippen LogP contribution in [0.15, 0.2) is 48.5 Å². The molecule has 0 spiro atoms. The number of phenolic OH excluding ortho intramolecular Hbond substituents is 1. The minimum atomic E-state index is -0.604. The Labute approximate surface area is 195 Å². The fraction of sp³-hybridized carbons (Fsp3) is 0.200. The van der Waals surface area contributed by atoms with Crippen molar-refractivity contribution in [2.75, 3.05) is 21.3 Å². The third-order valence-electron chi connectivity index (χ3n) is 5.56. The molecule has 0 amide bonds. The lowest BCUT2D eigenvalue weighted by atomic mass is 9.83. The van der Waals surface area contributed by atoms with Gasteiger partial charge in [0.1, 0.15) is 11.5 Å². The molecule has 4 rings (SSSR count). The molecule has 33 heavy (non-hydrogen) atoms. The summed E-state index contributed by atoms with van der Waals surface area (Å²) in [6.07, 6.45) is -0.0439. The fourth-order valence-corrected chi connectivity index (χ4v) is 4.10. The van der Waals surface area contributed by atoms with E-state index in [2.05, 4.69) is 0 Å². The summed E-state index contributed by atoms with van der Waals surface area (Å²) in [6, 6.07) is 12.7. The highest BCUT2D eigenvalue weighted by Gasteiger charge is 2.34. The molecule has 1 aliphatic heterocycles. The van der Waals surface area contributed by atoms with Crippen molar-refractivity contribution in [1.82, 2.24) is 0 Å². The molecule has 3 aromatic rings. The van der Waals surface area contributed by atoms with Gasteiger partial charge in [0.05, 0.1) is 33.3 Å². The number of phenols is 1. The fourth-order valence-electron chi connectivity index (χ4n) is 3.98. The molecule has 8 heteroatoms. The van der Waals surface area contributed by atoms with Gasteiger partial charge in [0.2, 0.25) is 5.75 Å². The Hall–Kier alpha value is -3.71. The summed E-state index contributed by atoms with van der Waals surface area (Å²) in [6.45, 7) is 0. The Morgan fingerprint density at radius 3 is 2.21 bits per heavy atom. The summed E-state index contributed by atoms with van der Waals surface area (Å²) in [4.78, 5) is 25.4. The van der Waals surface area contributed by atoms with Gasteiger partial charge in [-0.25, -0.2) is 0 Å². The van der Waals surface area contributed by atoms with Gasteiger partial charge in [0.15, 0.2) is 17.3 Å². The van der Waals surface area contributed by atoms with Crippen LogP contribution in [0.4, 0.5) is 0 Å². The number of ketones is 1. The van der Waals surface area contributed by atoms with Crippen LogP contribution in [0.5, 0.6) is 28.7 Å². The van der Waals surface area contributed by atoms with Crippen LogP contribution in [0.25, 0.3) is 0 Å². The zero-order valence-corrected chi connectivity index (χ0v) is 18.9. The standard InChI is InChI=1S/C25H21ClO7/c1-30-19-10-14(11-20(31-2)25(19)32-3)17-12-21(27)33-18-9-8-16(24(29)22(17)18)23(28)13-4-6-15(26)7-5-13/h4-11,17,29H,12H2,1-3H3/t17-/m1/s1. The number of halogens is 1. The lowest BCUT2D eigenvalue weighted by Gasteiger charge is -2.27. The van der Waals surface area contributed by atoms with Crippen molar-refractivity contribution in [1.29, 1.82) is 0 Å². The van der Waals surface area contributed by atoms with Gasteiger partial charge < -0.3 is 24.1 Å². The second-order valence-electron chi connectivity index (χ2n) is 7.40. The number of hydrogen-bond acceptors (Lipinski definition) is 7. The Balaban J connectivity index is 1.86. The van der Waals surface area contributed by atoms with Gasteiger partial charge >= 0.3 is 5.97 Å². The number of methoxy groups -OCH3 is 3. The molecule has 170 valence electrons. The van der Waals surface area contributed by atoms with Crippen molar-refractivity contribution < 1.29 is 33.6 Å². The molecule has 7 nitrogen and oxygen atoms in total. The van der Waals surface area contributed by atoms with Crippen molar-refractivity contribution >= 4 is 23.4 Å². The number of esters is 1. The van der Waals surface area contributed by atoms with E-state index >= 15 is 0 Å². The van der Waals surface area contributed by atoms with Gasteiger partial charge in [-0.2, -0.15) is 0 Å². The average molecular weight is 469 g/mol. The summed E-state index contributed by atoms with van der Waals surface area (Å²) in [7, 11) is 4.48. The Morgan fingerprint density at radius 2 is 1.64 bits per heavy atom. The largest absolute Gasteiger partial charge is 0.507 e. The summed E-state index contributed by atoms with van der Waals surface area (Å²) < 4.78 is 21.6. The maximum atomic E-state index is 13.1. The molecule has 0 bridgehead atoms. The second kappa shape index (κ2) is 9.03. The van der Waals surface area contributed by atoms with E-state index in [9.17, 15) is 14.7 Å². The van der Waals surface area contributed by atoms with Crippen LogP contribution in [-0.4, -0.2) is 38.2 Å². The zero-order valence-electron chi connectivity index (χ0n) is 18.2. The average Bonchev–Trinajstić information content (AvgIpc) is 2.82. The normalized spacial score (nSPS) is 14.8.